The first-order valence-electron chi connectivity index (χ1n) is 16.8. The molecule has 46 heavy (non-hydrogen) atoms. The fourth-order valence-corrected chi connectivity index (χ4v) is 8.48. The van der Waals surface area contributed by atoms with Gasteiger partial charge in [0.05, 0.1) is 18.8 Å². The lowest BCUT2D eigenvalue weighted by molar-refractivity contribution is -0.179. The number of carbonyl (C=O) groups excluding carboxylic acids is 2. The number of benzene rings is 2. The molecule has 8 atom stereocenters. The van der Waals surface area contributed by atoms with E-state index >= 15 is 0 Å². The van der Waals surface area contributed by atoms with Crippen molar-refractivity contribution in [2.75, 3.05) is 46.7 Å². The Labute approximate surface area is 275 Å². The van der Waals surface area contributed by atoms with Crippen molar-refractivity contribution in [3.8, 4) is 11.1 Å². The summed E-state index contributed by atoms with van der Waals surface area (Å²) in [6.07, 6.45) is 1.18. The van der Waals surface area contributed by atoms with Crippen molar-refractivity contribution in [2.24, 2.45) is 29.1 Å². The number of nitrogens with zero attached hydrogens (tertiary/aromatic N) is 3. The number of hydrogen-bond acceptors (Lipinski definition) is 7. The molecule has 4 fully saturated rings. The maximum atomic E-state index is 14.3. The molecule has 6 rings (SSSR count). The summed E-state index contributed by atoms with van der Waals surface area (Å²) in [7, 11) is 9.54. The zero-order valence-electron chi connectivity index (χ0n) is 29.4. The predicted molar refractivity (Wildman–Crippen MR) is 183 cm³/mol. The second-order valence-corrected chi connectivity index (χ2v) is 15.1. The minimum Gasteiger partial charge on any atom is -0.393 e. The number of hydroxylamine groups is 2. The number of anilines is 1. The van der Waals surface area contributed by atoms with E-state index < -0.39 is 12.1 Å². The average Bonchev–Trinajstić information content (AvgIpc) is 3.35. The molecule has 4 aliphatic rings. The number of amides is 2. The molecule has 0 radical (unpaired) electrons. The van der Waals surface area contributed by atoms with Gasteiger partial charge in [0.1, 0.15) is 6.04 Å². The predicted octanol–water partition coefficient (Wildman–Crippen LogP) is 4.32. The third kappa shape index (κ3) is 6.44. The zero-order chi connectivity index (χ0) is 33.7. The third-order valence-electron chi connectivity index (χ3n) is 11.4. The summed E-state index contributed by atoms with van der Waals surface area (Å²) in [5, 5.41) is 19.1. The number of aliphatic hydroxyl groups excluding tert-OH is 1. The third-order valence-corrected chi connectivity index (χ3v) is 11.4. The van der Waals surface area contributed by atoms with E-state index in [1.54, 1.807) is 14.0 Å². The van der Waals surface area contributed by atoms with Gasteiger partial charge in [0.2, 0.25) is 5.91 Å². The van der Waals surface area contributed by atoms with E-state index in [-0.39, 0.29) is 29.9 Å². The highest BCUT2D eigenvalue weighted by Crippen LogP contribution is 2.61. The number of aliphatic hydroxyl groups is 1. The van der Waals surface area contributed by atoms with Crippen molar-refractivity contribution in [3.63, 3.8) is 0 Å². The SMILES string of the molecule is CNC(=O)c1cc(-c2cccc(CN3O[C@@H](CN(C)C)[C@@H]([C@H](C)O)[C@H]3C(=O)N[C@H]3C[C@@H]4C[C@H]([C@@H]3C)C4(C)C)c2C)cc(N(C)C)c1. The smallest absolute Gasteiger partial charge is 0.251 e. The first kappa shape index (κ1) is 34.4. The topological polar surface area (TPSA) is 97.4 Å². The Kier molecular flexibility index (Phi) is 9.90. The van der Waals surface area contributed by atoms with E-state index in [9.17, 15) is 14.7 Å². The van der Waals surface area contributed by atoms with Crippen LogP contribution in [0.25, 0.3) is 11.1 Å². The van der Waals surface area contributed by atoms with Crippen LogP contribution in [0, 0.1) is 36.0 Å². The van der Waals surface area contributed by atoms with Crippen molar-refractivity contribution < 1.29 is 19.5 Å². The van der Waals surface area contributed by atoms with E-state index in [0.717, 1.165) is 34.4 Å². The molecule has 0 aromatic heterocycles. The lowest BCUT2D eigenvalue weighted by Gasteiger charge is -2.62. The summed E-state index contributed by atoms with van der Waals surface area (Å²) < 4.78 is 0. The van der Waals surface area contributed by atoms with Gasteiger partial charge in [-0.15, -0.1) is 0 Å². The Morgan fingerprint density at radius 1 is 1.13 bits per heavy atom. The molecule has 1 heterocycles. The Hall–Kier alpha value is -2.98. The lowest BCUT2D eigenvalue weighted by atomic mass is 9.45. The number of carbonyl (C=O) groups is 2. The zero-order valence-corrected chi connectivity index (χ0v) is 29.4. The molecule has 2 amide bonds. The Bertz CT molecular complexity index is 1440. The second kappa shape index (κ2) is 13.3. The minimum absolute atomic E-state index is 0.0641. The van der Waals surface area contributed by atoms with E-state index in [2.05, 4.69) is 56.5 Å². The average molecular weight is 634 g/mol. The molecule has 3 aliphatic carbocycles. The van der Waals surface area contributed by atoms with Crippen LogP contribution in [0.5, 0.6) is 0 Å². The summed E-state index contributed by atoms with van der Waals surface area (Å²) in [5.41, 5.74) is 5.90. The van der Waals surface area contributed by atoms with Gasteiger partial charge in [-0.2, -0.15) is 5.06 Å². The molecule has 2 aromatic carbocycles. The molecule has 0 unspecified atom stereocenters. The highest BCUT2D eigenvalue weighted by molar-refractivity contribution is 5.96. The molecule has 3 N–H and O–H groups in total. The largest absolute Gasteiger partial charge is 0.393 e. The Morgan fingerprint density at radius 2 is 1.85 bits per heavy atom. The fourth-order valence-electron chi connectivity index (χ4n) is 8.48. The summed E-state index contributed by atoms with van der Waals surface area (Å²) in [6.45, 7) is 11.9. The van der Waals surface area contributed by atoms with Crippen molar-refractivity contribution in [3.05, 3.63) is 53.1 Å². The summed E-state index contributed by atoms with van der Waals surface area (Å²) in [4.78, 5) is 37.6. The number of likely N-dealkylation sites (N-methyl/N-ethyl adjacent to an activating group) is 1. The van der Waals surface area contributed by atoms with Gasteiger partial charge in [0.15, 0.2) is 0 Å². The minimum atomic E-state index is -0.730. The van der Waals surface area contributed by atoms with Crippen LogP contribution in [0.3, 0.4) is 0 Å². The van der Waals surface area contributed by atoms with E-state index in [1.807, 2.05) is 61.3 Å². The monoisotopic (exact) mass is 633 g/mol. The normalized spacial score (nSPS) is 29.3. The van der Waals surface area contributed by atoms with Gasteiger partial charge >= 0.3 is 0 Å². The van der Waals surface area contributed by atoms with Gasteiger partial charge in [-0.3, -0.25) is 14.4 Å². The van der Waals surface area contributed by atoms with Gasteiger partial charge in [0, 0.05) is 50.9 Å². The Morgan fingerprint density at radius 3 is 2.43 bits per heavy atom. The molecule has 2 aromatic rings. The highest BCUT2D eigenvalue weighted by Gasteiger charge is 2.57. The van der Waals surface area contributed by atoms with Crippen molar-refractivity contribution in [2.45, 2.75) is 78.3 Å². The maximum Gasteiger partial charge on any atom is 0.251 e. The quantitative estimate of drug-likeness (QED) is 0.359. The van der Waals surface area contributed by atoms with E-state index in [0.29, 0.717) is 41.8 Å². The van der Waals surface area contributed by atoms with Gasteiger partial charge < -0.3 is 25.5 Å². The van der Waals surface area contributed by atoms with Gasteiger partial charge in [-0.1, -0.05) is 39.0 Å². The number of fused-ring (bicyclic) bond motifs is 2. The Balaban J connectivity index is 1.46. The summed E-state index contributed by atoms with van der Waals surface area (Å²) in [5.74, 6) is 1.06. The standard InChI is InChI=1S/C37H55N5O4/c1-21-24(12-11-13-29(21)25-14-26(35(44)38-6)16-28(15-25)41(9)10)19-42-34(33(23(3)43)32(46-42)20-40(7)8)36(45)39-31-18-27-17-30(22(31)2)37(27,4)5/h11-16,22-23,27,30-34,43H,17-20H2,1-10H3,(H,38,44)(H,39,45)/t22-,23-,27-,30+,31-,32-,33+,34-/m0/s1. The summed E-state index contributed by atoms with van der Waals surface area (Å²) in [6, 6.07) is 11.6. The van der Waals surface area contributed by atoms with Gasteiger partial charge in [-0.05, 0) is 104 Å². The number of nitrogens with one attached hydrogen (secondary N) is 2. The van der Waals surface area contributed by atoms with Crippen LogP contribution in [0.4, 0.5) is 5.69 Å². The molecule has 0 spiro atoms. The second-order valence-electron chi connectivity index (χ2n) is 15.1. The van der Waals surface area contributed by atoms with Crippen LogP contribution in [-0.4, -0.2) is 93.0 Å². The van der Waals surface area contributed by atoms with Crippen molar-refractivity contribution >= 4 is 17.5 Å². The van der Waals surface area contributed by atoms with Crippen LogP contribution < -0.4 is 15.5 Å². The van der Waals surface area contributed by atoms with Gasteiger partial charge in [0.25, 0.3) is 5.91 Å². The lowest BCUT2D eigenvalue weighted by Crippen LogP contribution is -2.62. The molecule has 1 aliphatic heterocycles. The molecular formula is C37H55N5O4. The maximum absolute atomic E-state index is 14.3. The van der Waals surface area contributed by atoms with Crippen LogP contribution in [-0.2, 0) is 16.2 Å². The molecule has 9 heteroatoms. The van der Waals surface area contributed by atoms with Crippen LogP contribution in [0.1, 0.15) is 62.0 Å². The first-order chi connectivity index (χ1) is 21.6. The van der Waals surface area contributed by atoms with E-state index in [1.165, 1.54) is 6.42 Å². The number of rotatable bonds is 10. The number of hydrogen-bond donors (Lipinski definition) is 3. The van der Waals surface area contributed by atoms with Crippen LogP contribution in [0.15, 0.2) is 36.4 Å². The molecule has 9 nitrogen and oxygen atoms in total. The molecule has 252 valence electrons. The summed E-state index contributed by atoms with van der Waals surface area (Å²) >= 11 is 0. The fraction of sp³-hybridized carbons (Fsp3) is 0.622. The molecule has 3 saturated carbocycles. The molecule has 2 bridgehead atoms. The van der Waals surface area contributed by atoms with E-state index in [4.69, 9.17) is 4.84 Å². The van der Waals surface area contributed by atoms with Crippen molar-refractivity contribution in [1.29, 1.82) is 0 Å². The van der Waals surface area contributed by atoms with Gasteiger partial charge in [-0.25, -0.2) is 0 Å². The van der Waals surface area contributed by atoms with Crippen LogP contribution in [0.2, 0.25) is 0 Å². The van der Waals surface area contributed by atoms with Crippen LogP contribution >= 0.6 is 0 Å². The molecular weight excluding hydrogens is 578 g/mol. The highest BCUT2D eigenvalue weighted by atomic mass is 16.7. The van der Waals surface area contributed by atoms with Crippen molar-refractivity contribution in [1.82, 2.24) is 20.6 Å². The molecule has 1 saturated heterocycles. The first-order valence-corrected chi connectivity index (χ1v) is 16.8.